The highest BCUT2D eigenvalue weighted by atomic mass is 15.1. The van der Waals surface area contributed by atoms with Gasteiger partial charge in [-0.2, -0.15) is 0 Å². The summed E-state index contributed by atoms with van der Waals surface area (Å²) < 4.78 is 0. The molecule has 0 bridgehead atoms. The van der Waals surface area contributed by atoms with Gasteiger partial charge >= 0.3 is 0 Å². The molecule has 1 aliphatic rings. The first-order chi connectivity index (χ1) is 23.2. The molecule has 0 aromatic heterocycles. The summed E-state index contributed by atoms with van der Waals surface area (Å²) in [5.74, 6) is 0. The first-order valence-electron chi connectivity index (χ1n) is 17.0. The van der Waals surface area contributed by atoms with Gasteiger partial charge in [0, 0.05) is 22.2 Å². The Bertz CT molecular complexity index is 2300. The van der Waals surface area contributed by atoms with Gasteiger partial charge in [-0.3, -0.25) is 0 Å². The van der Waals surface area contributed by atoms with Crippen molar-refractivity contribution in [1.29, 1.82) is 0 Å². The van der Waals surface area contributed by atoms with E-state index in [0.29, 0.717) is 0 Å². The van der Waals surface area contributed by atoms with E-state index < -0.39 is 0 Å². The SMILES string of the molecule is CC(C)(C)c1ccccc1-c1c(N(c2ccc3c(c2)C(C)(C)c2ccccc2-3)c2ccccc2-c2ccccc2)ccc2ccccc12. The van der Waals surface area contributed by atoms with Crippen molar-refractivity contribution in [3.63, 3.8) is 0 Å². The maximum atomic E-state index is 2.52. The molecule has 0 fully saturated rings. The van der Waals surface area contributed by atoms with Crippen LogP contribution in [0.25, 0.3) is 44.2 Å². The summed E-state index contributed by atoms with van der Waals surface area (Å²) in [6.45, 7) is 11.7. The van der Waals surface area contributed by atoms with E-state index in [4.69, 9.17) is 0 Å². The molecule has 48 heavy (non-hydrogen) atoms. The van der Waals surface area contributed by atoms with E-state index in [1.54, 1.807) is 0 Å². The van der Waals surface area contributed by atoms with Crippen LogP contribution in [-0.4, -0.2) is 0 Å². The van der Waals surface area contributed by atoms with E-state index in [1.807, 2.05) is 0 Å². The Morgan fingerprint density at radius 1 is 0.479 bits per heavy atom. The van der Waals surface area contributed by atoms with Crippen LogP contribution in [0.2, 0.25) is 0 Å². The number of fused-ring (bicyclic) bond motifs is 4. The topological polar surface area (TPSA) is 3.24 Å². The van der Waals surface area contributed by atoms with Gasteiger partial charge in [-0.15, -0.1) is 0 Å². The van der Waals surface area contributed by atoms with E-state index in [-0.39, 0.29) is 10.8 Å². The molecule has 8 rings (SSSR count). The van der Waals surface area contributed by atoms with Crippen molar-refractivity contribution in [2.75, 3.05) is 4.90 Å². The third-order valence-corrected chi connectivity index (χ3v) is 10.2. The molecule has 0 spiro atoms. The Hall–Kier alpha value is -5.40. The van der Waals surface area contributed by atoms with Gasteiger partial charge in [-0.25, -0.2) is 0 Å². The minimum Gasteiger partial charge on any atom is -0.309 e. The normalized spacial score (nSPS) is 13.3. The van der Waals surface area contributed by atoms with Crippen LogP contribution >= 0.6 is 0 Å². The molecule has 0 heterocycles. The molecule has 0 amide bonds. The highest BCUT2D eigenvalue weighted by Crippen LogP contribution is 2.53. The van der Waals surface area contributed by atoms with Gasteiger partial charge < -0.3 is 4.90 Å². The summed E-state index contributed by atoms with van der Waals surface area (Å²) >= 11 is 0. The van der Waals surface area contributed by atoms with Crippen molar-refractivity contribution in [2.45, 2.75) is 45.4 Å². The fraction of sp³-hybridized carbons (Fsp3) is 0.149. The minimum absolute atomic E-state index is 0.0407. The predicted octanol–water partition coefficient (Wildman–Crippen LogP) is 13.2. The van der Waals surface area contributed by atoms with Crippen LogP contribution in [0.3, 0.4) is 0 Å². The average molecular weight is 620 g/mol. The van der Waals surface area contributed by atoms with E-state index in [2.05, 4.69) is 197 Å². The van der Waals surface area contributed by atoms with Crippen molar-refractivity contribution in [3.8, 4) is 33.4 Å². The molecule has 0 aliphatic heterocycles. The Labute approximate surface area is 285 Å². The van der Waals surface area contributed by atoms with Gasteiger partial charge in [-0.1, -0.05) is 168 Å². The first kappa shape index (κ1) is 30.0. The fourth-order valence-electron chi connectivity index (χ4n) is 7.85. The maximum Gasteiger partial charge on any atom is 0.0546 e. The Balaban J connectivity index is 1.47. The molecule has 234 valence electrons. The van der Waals surface area contributed by atoms with Gasteiger partial charge in [0.15, 0.2) is 0 Å². The summed E-state index contributed by atoms with van der Waals surface area (Å²) in [7, 11) is 0. The second-order valence-corrected chi connectivity index (χ2v) is 14.6. The number of hydrogen-bond acceptors (Lipinski definition) is 1. The van der Waals surface area contributed by atoms with Gasteiger partial charge in [0.1, 0.15) is 0 Å². The molecule has 1 heteroatoms. The number of para-hydroxylation sites is 1. The second-order valence-electron chi connectivity index (χ2n) is 14.6. The first-order valence-corrected chi connectivity index (χ1v) is 17.0. The monoisotopic (exact) mass is 619 g/mol. The number of hydrogen-bond donors (Lipinski definition) is 0. The van der Waals surface area contributed by atoms with Crippen LogP contribution < -0.4 is 4.90 Å². The van der Waals surface area contributed by atoms with Crippen LogP contribution in [0.5, 0.6) is 0 Å². The zero-order valence-corrected chi connectivity index (χ0v) is 28.5. The summed E-state index contributed by atoms with van der Waals surface area (Å²) in [5, 5.41) is 2.49. The summed E-state index contributed by atoms with van der Waals surface area (Å²) in [6.07, 6.45) is 0. The zero-order chi connectivity index (χ0) is 33.0. The second kappa shape index (κ2) is 11.4. The molecule has 1 aliphatic carbocycles. The van der Waals surface area contributed by atoms with Crippen molar-refractivity contribution < 1.29 is 0 Å². The quantitative estimate of drug-likeness (QED) is 0.185. The molecule has 0 radical (unpaired) electrons. The van der Waals surface area contributed by atoms with Crippen LogP contribution in [0.1, 0.15) is 51.3 Å². The number of rotatable bonds is 5. The van der Waals surface area contributed by atoms with Crippen LogP contribution in [0, 0.1) is 0 Å². The van der Waals surface area contributed by atoms with Crippen molar-refractivity contribution in [3.05, 3.63) is 174 Å². The van der Waals surface area contributed by atoms with Crippen LogP contribution in [0.15, 0.2) is 158 Å². The summed E-state index contributed by atoms with van der Waals surface area (Å²) in [4.78, 5) is 2.52. The summed E-state index contributed by atoms with van der Waals surface area (Å²) in [6, 6.07) is 58.1. The third kappa shape index (κ3) is 4.85. The summed E-state index contributed by atoms with van der Waals surface area (Å²) in [5.41, 5.74) is 15.0. The molecular weight excluding hydrogens is 579 g/mol. The van der Waals surface area contributed by atoms with Gasteiger partial charge in [0.25, 0.3) is 0 Å². The molecule has 1 nitrogen and oxygen atoms in total. The van der Waals surface area contributed by atoms with Crippen LogP contribution in [0.4, 0.5) is 17.1 Å². The van der Waals surface area contributed by atoms with Gasteiger partial charge in [0.2, 0.25) is 0 Å². The lowest BCUT2D eigenvalue weighted by molar-refractivity contribution is 0.592. The molecular formula is C47H41N. The minimum atomic E-state index is -0.113. The lowest BCUT2D eigenvalue weighted by atomic mass is 9.80. The van der Waals surface area contributed by atoms with Crippen molar-refractivity contribution >= 4 is 27.8 Å². The van der Waals surface area contributed by atoms with Crippen LogP contribution in [-0.2, 0) is 10.8 Å². The van der Waals surface area contributed by atoms with Crippen molar-refractivity contribution in [1.82, 2.24) is 0 Å². The molecule has 0 N–H and O–H groups in total. The third-order valence-electron chi connectivity index (χ3n) is 10.2. The molecule has 0 saturated carbocycles. The average Bonchev–Trinajstić information content (AvgIpc) is 3.34. The lowest BCUT2D eigenvalue weighted by Gasteiger charge is -2.33. The smallest absolute Gasteiger partial charge is 0.0546 e. The van der Waals surface area contributed by atoms with E-state index in [0.717, 1.165) is 11.4 Å². The molecule has 0 unspecified atom stereocenters. The fourth-order valence-corrected chi connectivity index (χ4v) is 7.85. The largest absolute Gasteiger partial charge is 0.309 e. The van der Waals surface area contributed by atoms with E-state index in [9.17, 15) is 0 Å². The van der Waals surface area contributed by atoms with E-state index in [1.165, 1.54) is 66.5 Å². The maximum absolute atomic E-state index is 2.52. The van der Waals surface area contributed by atoms with E-state index >= 15 is 0 Å². The highest BCUT2D eigenvalue weighted by molar-refractivity contribution is 6.07. The Kier molecular flexibility index (Phi) is 7.11. The zero-order valence-electron chi connectivity index (χ0n) is 28.5. The molecule has 7 aromatic rings. The predicted molar refractivity (Wildman–Crippen MR) is 206 cm³/mol. The Morgan fingerprint density at radius 2 is 1.10 bits per heavy atom. The van der Waals surface area contributed by atoms with Gasteiger partial charge in [0.05, 0.1) is 11.4 Å². The Morgan fingerprint density at radius 3 is 1.90 bits per heavy atom. The number of anilines is 3. The molecule has 0 atom stereocenters. The standard InChI is InChI=1S/C47H41N/c1-46(2,3)40-24-14-12-23-39(40)45-36-21-10-9-19-33(36)27-30-44(45)48(43-26-16-13-20-35(43)32-17-7-6-8-18-32)34-28-29-38-37-22-11-15-25-41(37)47(4,5)42(38)31-34/h6-31H,1-5H3. The lowest BCUT2D eigenvalue weighted by Crippen LogP contribution is -2.18. The van der Waals surface area contributed by atoms with Gasteiger partial charge in [-0.05, 0) is 79.4 Å². The number of benzene rings is 7. The van der Waals surface area contributed by atoms with Crippen molar-refractivity contribution in [2.24, 2.45) is 0 Å². The molecule has 0 saturated heterocycles. The molecule has 7 aromatic carbocycles. The highest BCUT2D eigenvalue weighted by Gasteiger charge is 2.36. The number of nitrogens with zero attached hydrogens (tertiary/aromatic N) is 1.